The second-order valence-corrected chi connectivity index (χ2v) is 3.97. The number of nitriles is 1. The van der Waals surface area contributed by atoms with Crippen LogP contribution in [0.1, 0.15) is 5.56 Å². The number of nitrogens with one attached hydrogen (secondary N) is 1. The van der Waals surface area contributed by atoms with Gasteiger partial charge in [0.15, 0.2) is 0 Å². The van der Waals surface area contributed by atoms with Crippen LogP contribution < -0.4 is 5.32 Å². The van der Waals surface area contributed by atoms with Gasteiger partial charge in [-0.15, -0.1) is 0 Å². The first-order chi connectivity index (χ1) is 9.11. The largest absolute Gasteiger partial charge is 0.463 e. The van der Waals surface area contributed by atoms with E-state index in [9.17, 15) is 14.9 Å². The summed E-state index contributed by atoms with van der Waals surface area (Å²) < 4.78 is 4.52. The van der Waals surface area contributed by atoms with E-state index in [1.807, 2.05) is 6.07 Å². The SMILES string of the molecule is [C-]#[N+]C(C(=O)OC)C1(C#N)C(=O)Nc2ccccc21. The number of carbonyl (C=O) groups is 2. The summed E-state index contributed by atoms with van der Waals surface area (Å²) in [6, 6.07) is 6.80. The first-order valence-electron chi connectivity index (χ1n) is 5.38. The summed E-state index contributed by atoms with van der Waals surface area (Å²) in [5, 5.41) is 11.9. The van der Waals surface area contributed by atoms with Crippen LogP contribution in [-0.4, -0.2) is 25.0 Å². The fourth-order valence-corrected chi connectivity index (χ4v) is 2.16. The molecule has 6 nitrogen and oxygen atoms in total. The number of hydrogen-bond donors (Lipinski definition) is 1. The molecule has 0 bridgehead atoms. The van der Waals surface area contributed by atoms with Crippen LogP contribution in [0.25, 0.3) is 4.85 Å². The second-order valence-electron chi connectivity index (χ2n) is 3.97. The number of amides is 1. The van der Waals surface area contributed by atoms with E-state index in [2.05, 4.69) is 14.9 Å². The van der Waals surface area contributed by atoms with E-state index in [-0.39, 0.29) is 0 Å². The Balaban J connectivity index is 2.68. The number of benzene rings is 1. The lowest BCUT2D eigenvalue weighted by molar-refractivity contribution is -0.143. The van der Waals surface area contributed by atoms with E-state index < -0.39 is 23.3 Å². The van der Waals surface area contributed by atoms with Crippen LogP contribution in [0.3, 0.4) is 0 Å². The first-order valence-corrected chi connectivity index (χ1v) is 5.38. The van der Waals surface area contributed by atoms with Gasteiger partial charge < -0.3 is 10.1 Å². The quantitative estimate of drug-likeness (QED) is 0.627. The number of methoxy groups -OCH3 is 1. The molecule has 19 heavy (non-hydrogen) atoms. The smallest absolute Gasteiger partial charge is 0.392 e. The van der Waals surface area contributed by atoms with Gasteiger partial charge in [-0.1, -0.05) is 18.2 Å². The molecule has 0 aromatic heterocycles. The van der Waals surface area contributed by atoms with Crippen molar-refractivity contribution in [1.29, 1.82) is 5.26 Å². The van der Waals surface area contributed by atoms with Gasteiger partial charge in [-0.2, -0.15) is 5.26 Å². The lowest BCUT2D eigenvalue weighted by Gasteiger charge is -2.18. The monoisotopic (exact) mass is 255 g/mol. The van der Waals surface area contributed by atoms with Crippen molar-refractivity contribution in [2.75, 3.05) is 12.4 Å². The highest BCUT2D eigenvalue weighted by Crippen LogP contribution is 2.41. The van der Waals surface area contributed by atoms with Crippen LogP contribution in [-0.2, 0) is 19.7 Å². The molecule has 1 N–H and O–H groups in total. The van der Waals surface area contributed by atoms with Gasteiger partial charge in [-0.3, -0.25) is 9.64 Å². The number of anilines is 1. The highest BCUT2D eigenvalue weighted by molar-refractivity contribution is 6.12. The molecule has 6 heteroatoms. The minimum absolute atomic E-state index is 0.328. The maximum atomic E-state index is 12.1. The summed E-state index contributed by atoms with van der Waals surface area (Å²) in [6.07, 6.45) is 0. The van der Waals surface area contributed by atoms with Crippen molar-refractivity contribution in [2.45, 2.75) is 11.5 Å². The molecule has 0 fully saturated rings. The van der Waals surface area contributed by atoms with Crippen LogP contribution in [0.15, 0.2) is 24.3 Å². The number of fused-ring (bicyclic) bond motifs is 1. The topological polar surface area (TPSA) is 83.6 Å². The maximum Gasteiger partial charge on any atom is 0.392 e. The van der Waals surface area contributed by atoms with Crippen LogP contribution in [0, 0.1) is 17.9 Å². The number of rotatable bonds is 2. The molecule has 1 amide bonds. The predicted octanol–water partition coefficient (Wildman–Crippen LogP) is 0.861. The molecule has 2 atom stereocenters. The molecule has 0 saturated heterocycles. The van der Waals surface area contributed by atoms with E-state index in [0.717, 1.165) is 7.11 Å². The average molecular weight is 255 g/mol. The van der Waals surface area contributed by atoms with Crippen LogP contribution >= 0.6 is 0 Å². The molecular formula is C13H9N3O3. The van der Waals surface area contributed by atoms with Gasteiger partial charge in [0.25, 0.3) is 5.91 Å². The first kappa shape index (κ1) is 12.6. The molecule has 1 aromatic carbocycles. The van der Waals surface area contributed by atoms with Gasteiger partial charge in [0, 0.05) is 11.3 Å². The zero-order valence-corrected chi connectivity index (χ0v) is 10.0. The van der Waals surface area contributed by atoms with E-state index in [1.54, 1.807) is 24.3 Å². The predicted molar refractivity (Wildman–Crippen MR) is 64.8 cm³/mol. The molecule has 2 unspecified atom stereocenters. The number of nitrogens with zero attached hydrogens (tertiary/aromatic N) is 2. The molecule has 1 aromatic rings. The minimum Gasteiger partial charge on any atom is -0.463 e. The van der Waals surface area contributed by atoms with Gasteiger partial charge in [0.05, 0.1) is 13.2 Å². The third-order valence-corrected chi connectivity index (χ3v) is 3.10. The number of ether oxygens (including phenoxy) is 1. The summed E-state index contributed by atoms with van der Waals surface area (Å²) in [5.41, 5.74) is -1.09. The van der Waals surface area contributed by atoms with Crippen molar-refractivity contribution >= 4 is 17.6 Å². The minimum atomic E-state index is -1.86. The highest BCUT2D eigenvalue weighted by Gasteiger charge is 2.61. The molecule has 0 saturated carbocycles. The number of hydrogen-bond acceptors (Lipinski definition) is 4. The molecule has 2 rings (SSSR count). The summed E-state index contributed by atoms with van der Waals surface area (Å²) in [5.74, 6) is -1.58. The Hall–Kier alpha value is -2.86. The molecule has 1 aliphatic heterocycles. The Labute approximate surface area is 109 Å². The number of carbonyl (C=O) groups excluding carboxylic acids is 2. The Morgan fingerprint density at radius 2 is 2.26 bits per heavy atom. The molecule has 0 radical (unpaired) electrons. The Morgan fingerprint density at radius 1 is 1.58 bits per heavy atom. The maximum absolute atomic E-state index is 12.1. The zero-order valence-electron chi connectivity index (χ0n) is 10.0. The summed E-state index contributed by atoms with van der Waals surface area (Å²) in [4.78, 5) is 26.9. The average Bonchev–Trinajstić information content (AvgIpc) is 2.72. The third kappa shape index (κ3) is 1.54. The zero-order chi connectivity index (χ0) is 14.0. The molecule has 94 valence electrons. The van der Waals surface area contributed by atoms with E-state index in [4.69, 9.17) is 6.57 Å². The van der Waals surface area contributed by atoms with Crippen molar-refractivity contribution in [1.82, 2.24) is 0 Å². The fourth-order valence-electron chi connectivity index (χ4n) is 2.16. The van der Waals surface area contributed by atoms with Gasteiger partial charge in [0.1, 0.15) is 0 Å². The number of esters is 1. The van der Waals surface area contributed by atoms with Gasteiger partial charge in [0.2, 0.25) is 5.41 Å². The lowest BCUT2D eigenvalue weighted by Crippen LogP contribution is -2.47. The Kier molecular flexibility index (Phi) is 2.94. The molecule has 0 spiro atoms. The third-order valence-electron chi connectivity index (χ3n) is 3.10. The molecule has 1 aliphatic rings. The second kappa shape index (κ2) is 4.43. The fraction of sp³-hybridized carbons (Fsp3) is 0.231. The van der Waals surface area contributed by atoms with E-state index in [1.165, 1.54) is 0 Å². The standard InChI is InChI=1S/C13H9N3O3/c1-15-10(11(17)19-2)13(7-14)8-5-3-4-6-9(8)16-12(13)18/h3-6,10H,2H3,(H,16,18). The van der Waals surface area contributed by atoms with Gasteiger partial charge in [-0.05, 0) is 6.07 Å². The normalized spacial score (nSPS) is 21.5. The van der Waals surface area contributed by atoms with Crippen molar-refractivity contribution in [3.63, 3.8) is 0 Å². The van der Waals surface area contributed by atoms with Crippen molar-refractivity contribution < 1.29 is 14.3 Å². The van der Waals surface area contributed by atoms with Crippen LogP contribution in [0.5, 0.6) is 0 Å². The Bertz CT molecular complexity index is 641. The lowest BCUT2D eigenvalue weighted by atomic mass is 9.76. The van der Waals surface area contributed by atoms with Crippen molar-refractivity contribution in [3.05, 3.63) is 41.2 Å². The van der Waals surface area contributed by atoms with Crippen molar-refractivity contribution in [3.8, 4) is 6.07 Å². The van der Waals surface area contributed by atoms with Gasteiger partial charge in [-0.25, -0.2) is 11.4 Å². The van der Waals surface area contributed by atoms with E-state index >= 15 is 0 Å². The van der Waals surface area contributed by atoms with Crippen LogP contribution in [0.2, 0.25) is 0 Å². The molecular weight excluding hydrogens is 246 g/mol. The summed E-state index contributed by atoms with van der Waals surface area (Å²) >= 11 is 0. The molecule has 1 heterocycles. The number of para-hydroxylation sites is 1. The van der Waals surface area contributed by atoms with Crippen LogP contribution in [0.4, 0.5) is 5.69 Å². The summed E-state index contributed by atoms with van der Waals surface area (Å²) in [7, 11) is 1.12. The molecule has 0 aliphatic carbocycles. The Morgan fingerprint density at radius 3 is 2.84 bits per heavy atom. The highest BCUT2D eigenvalue weighted by atomic mass is 16.5. The van der Waals surface area contributed by atoms with Gasteiger partial charge >= 0.3 is 12.0 Å². The van der Waals surface area contributed by atoms with Crippen molar-refractivity contribution in [2.24, 2.45) is 0 Å². The van der Waals surface area contributed by atoms with E-state index in [0.29, 0.717) is 11.3 Å². The summed E-state index contributed by atoms with van der Waals surface area (Å²) in [6.45, 7) is 7.11.